The molecule has 7 heteroatoms. The number of aromatic nitrogens is 2. The molecule has 0 N–H and O–H groups in total. The van der Waals surface area contributed by atoms with Crippen molar-refractivity contribution in [3.05, 3.63) is 34.8 Å². The first kappa shape index (κ1) is 17.7. The smallest absolute Gasteiger partial charge is 0.222 e. The van der Waals surface area contributed by atoms with Crippen LogP contribution in [0.2, 0.25) is 0 Å². The summed E-state index contributed by atoms with van der Waals surface area (Å²) < 4.78 is 5.76. The standard InChI is InChI=1S/C18H24N4O2S/c1-14-6-3-4-7-16(14)24-13-5-8-17(23)21-9-11-22(12-10-21)18-20-19-15(2)25-18/h3-4,6-7H,5,8-13H2,1-2H3. The molecule has 1 aliphatic heterocycles. The van der Waals surface area contributed by atoms with E-state index in [9.17, 15) is 4.79 Å². The SMILES string of the molecule is Cc1nnc(N2CCN(C(=O)CCCOc3ccccc3C)CC2)s1. The number of hydrogen-bond donors (Lipinski definition) is 0. The van der Waals surface area contributed by atoms with Gasteiger partial charge in [-0.15, -0.1) is 10.2 Å². The van der Waals surface area contributed by atoms with Crippen LogP contribution in [0.4, 0.5) is 5.13 Å². The number of rotatable bonds is 6. The first-order valence-corrected chi connectivity index (χ1v) is 9.46. The van der Waals surface area contributed by atoms with Crippen LogP contribution in [0, 0.1) is 13.8 Å². The molecule has 2 aromatic rings. The van der Waals surface area contributed by atoms with Gasteiger partial charge < -0.3 is 14.5 Å². The van der Waals surface area contributed by atoms with Crippen LogP contribution >= 0.6 is 11.3 Å². The van der Waals surface area contributed by atoms with Crippen LogP contribution in [0.15, 0.2) is 24.3 Å². The van der Waals surface area contributed by atoms with Crippen molar-refractivity contribution in [3.8, 4) is 5.75 Å². The number of hydrogen-bond acceptors (Lipinski definition) is 6. The Balaban J connectivity index is 1.37. The molecule has 0 unspecified atom stereocenters. The second kappa shape index (κ2) is 8.29. The van der Waals surface area contributed by atoms with Crippen molar-refractivity contribution in [1.29, 1.82) is 0 Å². The van der Waals surface area contributed by atoms with E-state index in [0.29, 0.717) is 13.0 Å². The molecular formula is C18H24N4O2S. The lowest BCUT2D eigenvalue weighted by Crippen LogP contribution is -2.48. The highest BCUT2D eigenvalue weighted by molar-refractivity contribution is 7.15. The quantitative estimate of drug-likeness (QED) is 0.741. The molecule has 0 atom stereocenters. The largest absolute Gasteiger partial charge is 0.493 e. The van der Waals surface area contributed by atoms with Gasteiger partial charge in [-0.05, 0) is 31.9 Å². The van der Waals surface area contributed by atoms with Gasteiger partial charge >= 0.3 is 0 Å². The molecule has 1 aromatic heterocycles. The van der Waals surface area contributed by atoms with E-state index >= 15 is 0 Å². The Morgan fingerprint density at radius 2 is 1.92 bits per heavy atom. The van der Waals surface area contributed by atoms with Crippen LogP contribution < -0.4 is 9.64 Å². The van der Waals surface area contributed by atoms with Crippen LogP contribution in [-0.2, 0) is 4.79 Å². The summed E-state index contributed by atoms with van der Waals surface area (Å²) in [4.78, 5) is 16.5. The molecule has 6 nitrogen and oxygen atoms in total. The zero-order chi connectivity index (χ0) is 17.6. The zero-order valence-corrected chi connectivity index (χ0v) is 15.6. The molecule has 25 heavy (non-hydrogen) atoms. The molecule has 0 radical (unpaired) electrons. The van der Waals surface area contributed by atoms with Crippen molar-refractivity contribution >= 4 is 22.4 Å². The Hall–Kier alpha value is -2.15. The fraction of sp³-hybridized carbons (Fsp3) is 0.500. The summed E-state index contributed by atoms with van der Waals surface area (Å²) in [6.45, 7) is 7.69. The van der Waals surface area contributed by atoms with Crippen LogP contribution in [-0.4, -0.2) is 53.8 Å². The van der Waals surface area contributed by atoms with Crippen molar-refractivity contribution in [3.63, 3.8) is 0 Å². The Labute approximate surface area is 152 Å². The lowest BCUT2D eigenvalue weighted by Gasteiger charge is -2.34. The highest BCUT2D eigenvalue weighted by atomic mass is 32.1. The Morgan fingerprint density at radius 3 is 2.60 bits per heavy atom. The van der Waals surface area contributed by atoms with Crippen LogP contribution in [0.5, 0.6) is 5.75 Å². The number of ether oxygens (including phenoxy) is 1. The van der Waals surface area contributed by atoms with E-state index in [4.69, 9.17) is 4.74 Å². The van der Waals surface area contributed by atoms with E-state index in [-0.39, 0.29) is 5.91 Å². The summed E-state index contributed by atoms with van der Waals surface area (Å²) in [6, 6.07) is 7.95. The topological polar surface area (TPSA) is 58.6 Å². The predicted octanol–water partition coefficient (Wildman–Crippen LogP) is 2.66. The van der Waals surface area contributed by atoms with Gasteiger partial charge in [0, 0.05) is 32.6 Å². The Morgan fingerprint density at radius 1 is 1.16 bits per heavy atom. The lowest BCUT2D eigenvalue weighted by molar-refractivity contribution is -0.131. The minimum absolute atomic E-state index is 0.210. The molecule has 0 bridgehead atoms. The van der Waals surface area contributed by atoms with Gasteiger partial charge in [-0.25, -0.2) is 0 Å². The molecule has 1 aliphatic rings. The fourth-order valence-electron chi connectivity index (χ4n) is 2.84. The summed E-state index contributed by atoms with van der Waals surface area (Å²) in [5.41, 5.74) is 1.12. The van der Waals surface area contributed by atoms with Gasteiger partial charge in [-0.3, -0.25) is 4.79 Å². The van der Waals surface area contributed by atoms with Gasteiger partial charge in [-0.2, -0.15) is 0 Å². The summed E-state index contributed by atoms with van der Waals surface area (Å²) in [5.74, 6) is 1.11. The number of para-hydroxylation sites is 1. The predicted molar refractivity (Wildman–Crippen MR) is 99.3 cm³/mol. The number of aryl methyl sites for hydroxylation is 2. The van der Waals surface area contributed by atoms with Crippen molar-refractivity contribution in [2.75, 3.05) is 37.7 Å². The molecule has 1 fully saturated rings. The summed E-state index contributed by atoms with van der Waals surface area (Å²) in [7, 11) is 0. The van der Waals surface area contributed by atoms with E-state index in [0.717, 1.165) is 54.1 Å². The first-order valence-electron chi connectivity index (χ1n) is 8.65. The van der Waals surface area contributed by atoms with E-state index < -0.39 is 0 Å². The van der Waals surface area contributed by atoms with Gasteiger partial charge in [-0.1, -0.05) is 29.5 Å². The molecule has 0 saturated carbocycles. The highest BCUT2D eigenvalue weighted by Crippen LogP contribution is 2.21. The van der Waals surface area contributed by atoms with Crippen molar-refractivity contribution in [2.24, 2.45) is 0 Å². The zero-order valence-electron chi connectivity index (χ0n) is 14.8. The van der Waals surface area contributed by atoms with Gasteiger partial charge in [0.05, 0.1) is 6.61 Å². The number of benzene rings is 1. The molecule has 0 spiro atoms. The minimum Gasteiger partial charge on any atom is -0.493 e. The van der Waals surface area contributed by atoms with Gasteiger partial charge in [0.25, 0.3) is 0 Å². The molecule has 2 heterocycles. The second-order valence-corrected chi connectivity index (χ2v) is 7.35. The van der Waals surface area contributed by atoms with Crippen molar-refractivity contribution < 1.29 is 9.53 Å². The van der Waals surface area contributed by atoms with E-state index in [1.54, 1.807) is 11.3 Å². The molecule has 1 aromatic carbocycles. The van der Waals surface area contributed by atoms with Gasteiger partial charge in [0.1, 0.15) is 10.8 Å². The average molecular weight is 360 g/mol. The highest BCUT2D eigenvalue weighted by Gasteiger charge is 2.22. The number of amides is 1. The summed E-state index contributed by atoms with van der Waals surface area (Å²) in [6.07, 6.45) is 1.27. The Kier molecular flexibility index (Phi) is 5.86. The molecule has 134 valence electrons. The number of nitrogens with zero attached hydrogens (tertiary/aromatic N) is 4. The van der Waals surface area contributed by atoms with E-state index in [1.165, 1.54) is 0 Å². The second-order valence-electron chi connectivity index (χ2n) is 6.19. The summed E-state index contributed by atoms with van der Waals surface area (Å²) in [5, 5.41) is 10.2. The monoisotopic (exact) mass is 360 g/mol. The number of carbonyl (C=O) groups excluding carboxylic acids is 1. The number of piperazine rings is 1. The number of carbonyl (C=O) groups is 1. The summed E-state index contributed by atoms with van der Waals surface area (Å²) >= 11 is 1.60. The van der Waals surface area contributed by atoms with Crippen molar-refractivity contribution in [1.82, 2.24) is 15.1 Å². The molecule has 3 rings (SSSR count). The van der Waals surface area contributed by atoms with E-state index in [2.05, 4.69) is 15.1 Å². The maximum atomic E-state index is 12.4. The number of anilines is 1. The maximum Gasteiger partial charge on any atom is 0.222 e. The van der Waals surface area contributed by atoms with Gasteiger partial charge in [0.2, 0.25) is 11.0 Å². The molecule has 1 saturated heterocycles. The van der Waals surface area contributed by atoms with Crippen LogP contribution in [0.3, 0.4) is 0 Å². The van der Waals surface area contributed by atoms with Gasteiger partial charge in [0.15, 0.2) is 0 Å². The van der Waals surface area contributed by atoms with Crippen LogP contribution in [0.25, 0.3) is 0 Å². The van der Waals surface area contributed by atoms with E-state index in [1.807, 2.05) is 43.0 Å². The lowest BCUT2D eigenvalue weighted by atomic mass is 10.2. The molecular weight excluding hydrogens is 336 g/mol. The third-order valence-electron chi connectivity index (χ3n) is 4.30. The third-order valence-corrected chi connectivity index (χ3v) is 5.20. The molecule has 1 amide bonds. The van der Waals surface area contributed by atoms with Crippen molar-refractivity contribution in [2.45, 2.75) is 26.7 Å². The third kappa shape index (κ3) is 4.69. The maximum absolute atomic E-state index is 12.4. The van der Waals surface area contributed by atoms with Crippen LogP contribution in [0.1, 0.15) is 23.4 Å². The minimum atomic E-state index is 0.210. The first-order chi connectivity index (χ1) is 12.1. The normalized spacial score (nSPS) is 14.6. The average Bonchev–Trinajstić information content (AvgIpc) is 3.06. The Bertz CT molecular complexity index is 711. The fourth-order valence-corrected chi connectivity index (χ4v) is 3.58. The molecule has 0 aliphatic carbocycles.